The van der Waals surface area contributed by atoms with Crippen molar-refractivity contribution in [1.29, 1.82) is 0 Å². The summed E-state index contributed by atoms with van der Waals surface area (Å²) in [5.41, 5.74) is -0.917. The molecule has 5 rings (SSSR count). The Balaban J connectivity index is 1.39. The number of hydrogen-bond donors (Lipinski definition) is 3. The lowest BCUT2D eigenvalue weighted by molar-refractivity contribution is 0.254. The Morgan fingerprint density at radius 2 is 1.77 bits per heavy atom. The van der Waals surface area contributed by atoms with E-state index in [4.69, 9.17) is 4.74 Å². The molecule has 0 amide bonds. The van der Waals surface area contributed by atoms with Crippen LogP contribution in [0.4, 0.5) is 33.6 Å². The molecule has 2 aromatic carbocycles. The number of ether oxygens (including phenoxy) is 1. The monoisotopic (exact) mass is 620 g/mol. The van der Waals surface area contributed by atoms with Gasteiger partial charge in [0.15, 0.2) is 11.6 Å². The van der Waals surface area contributed by atoms with Gasteiger partial charge in [-0.1, -0.05) is 6.07 Å². The SMILES string of the molecule is Cc1cc(NS(=O)(=O)Cc2c(F)cccc2F)c(F)c(F)c1Oc1ncccc1-c1ccnc(N[C@@H]2CNC[C@@H](F)C2)n1. The number of hydrogen-bond acceptors (Lipinski definition) is 8. The highest BCUT2D eigenvalue weighted by Crippen LogP contribution is 2.37. The van der Waals surface area contributed by atoms with Crippen LogP contribution in [0, 0.1) is 30.2 Å². The van der Waals surface area contributed by atoms with Crippen LogP contribution in [-0.2, 0) is 15.8 Å². The largest absolute Gasteiger partial charge is 0.435 e. The highest BCUT2D eigenvalue weighted by atomic mass is 32.2. The van der Waals surface area contributed by atoms with Gasteiger partial charge in [0.05, 0.1) is 16.9 Å². The number of piperidine rings is 1. The summed E-state index contributed by atoms with van der Waals surface area (Å²) in [6.45, 7) is 2.13. The number of benzene rings is 2. The molecule has 0 spiro atoms. The van der Waals surface area contributed by atoms with Crippen molar-refractivity contribution in [3.8, 4) is 22.9 Å². The van der Waals surface area contributed by atoms with E-state index in [9.17, 15) is 21.6 Å². The van der Waals surface area contributed by atoms with Crippen molar-refractivity contribution in [2.24, 2.45) is 0 Å². The molecular weight excluding hydrogens is 595 g/mol. The van der Waals surface area contributed by atoms with Crippen LogP contribution in [0.3, 0.4) is 0 Å². The summed E-state index contributed by atoms with van der Waals surface area (Å²) < 4.78 is 105. The van der Waals surface area contributed by atoms with Gasteiger partial charge in [0, 0.05) is 43.5 Å². The van der Waals surface area contributed by atoms with Gasteiger partial charge in [0.1, 0.15) is 23.6 Å². The number of alkyl halides is 1. The Kier molecular flexibility index (Phi) is 8.73. The van der Waals surface area contributed by atoms with Gasteiger partial charge in [-0.05, 0) is 48.9 Å². The molecule has 4 aromatic rings. The quantitative estimate of drug-likeness (QED) is 0.217. The predicted molar refractivity (Wildman–Crippen MR) is 149 cm³/mol. The number of sulfonamides is 1. The molecule has 0 saturated carbocycles. The van der Waals surface area contributed by atoms with Gasteiger partial charge in [-0.2, -0.15) is 4.39 Å². The Labute approximate surface area is 243 Å². The van der Waals surface area contributed by atoms with Gasteiger partial charge < -0.3 is 15.4 Å². The third-order valence-electron chi connectivity index (χ3n) is 6.54. The van der Waals surface area contributed by atoms with Gasteiger partial charge in [-0.25, -0.2) is 40.9 Å². The minimum absolute atomic E-state index is 0.0131. The number of rotatable bonds is 9. The van der Waals surface area contributed by atoms with E-state index in [1.807, 2.05) is 4.72 Å². The summed E-state index contributed by atoms with van der Waals surface area (Å²) in [6.07, 6.45) is 2.09. The molecule has 0 radical (unpaired) electrons. The predicted octanol–water partition coefficient (Wildman–Crippen LogP) is 5.25. The molecule has 2 atom stereocenters. The first-order valence-electron chi connectivity index (χ1n) is 13.0. The smallest absolute Gasteiger partial charge is 0.237 e. The molecule has 226 valence electrons. The number of anilines is 2. The molecule has 0 bridgehead atoms. The van der Waals surface area contributed by atoms with Crippen LogP contribution in [-0.4, -0.2) is 48.7 Å². The van der Waals surface area contributed by atoms with E-state index in [0.29, 0.717) is 17.8 Å². The molecule has 1 fully saturated rings. The molecule has 0 unspecified atom stereocenters. The van der Waals surface area contributed by atoms with Crippen LogP contribution in [0.1, 0.15) is 17.5 Å². The first-order valence-corrected chi connectivity index (χ1v) is 14.7. The first-order chi connectivity index (χ1) is 20.5. The highest BCUT2D eigenvalue weighted by Gasteiger charge is 2.26. The first kappa shape index (κ1) is 30.1. The lowest BCUT2D eigenvalue weighted by atomic mass is 10.1. The number of nitrogens with one attached hydrogen (secondary N) is 3. The molecule has 2 aromatic heterocycles. The number of halogens is 5. The second-order valence-electron chi connectivity index (χ2n) is 9.82. The Morgan fingerprint density at radius 3 is 2.51 bits per heavy atom. The third-order valence-corrected chi connectivity index (χ3v) is 7.74. The van der Waals surface area contributed by atoms with Crippen molar-refractivity contribution in [1.82, 2.24) is 20.3 Å². The summed E-state index contributed by atoms with van der Waals surface area (Å²) in [5, 5.41) is 6.05. The summed E-state index contributed by atoms with van der Waals surface area (Å²) in [4.78, 5) is 12.7. The topological polar surface area (TPSA) is 118 Å². The Bertz CT molecular complexity index is 1740. The van der Waals surface area contributed by atoms with Gasteiger partial charge >= 0.3 is 0 Å². The molecule has 1 aliphatic heterocycles. The van der Waals surface area contributed by atoms with Crippen LogP contribution >= 0.6 is 0 Å². The molecule has 15 heteroatoms. The molecule has 3 N–H and O–H groups in total. The number of nitrogens with zero attached hydrogens (tertiary/aromatic N) is 3. The molecule has 9 nitrogen and oxygen atoms in total. The fourth-order valence-corrected chi connectivity index (χ4v) is 5.74. The van der Waals surface area contributed by atoms with E-state index >= 15 is 8.78 Å². The molecule has 3 heterocycles. The van der Waals surface area contributed by atoms with E-state index in [0.717, 1.165) is 24.3 Å². The van der Waals surface area contributed by atoms with Gasteiger partial charge in [-0.15, -0.1) is 0 Å². The second kappa shape index (κ2) is 12.5. The Hall–Kier alpha value is -4.37. The maximum atomic E-state index is 15.3. The summed E-state index contributed by atoms with van der Waals surface area (Å²) in [7, 11) is -4.56. The molecule has 1 aliphatic rings. The maximum Gasteiger partial charge on any atom is 0.237 e. The zero-order valence-corrected chi connectivity index (χ0v) is 23.4. The van der Waals surface area contributed by atoms with E-state index in [1.54, 1.807) is 18.2 Å². The zero-order chi connectivity index (χ0) is 30.7. The average Bonchev–Trinajstić information content (AvgIpc) is 2.96. The van der Waals surface area contributed by atoms with Crippen molar-refractivity contribution >= 4 is 21.7 Å². The van der Waals surface area contributed by atoms with Gasteiger partial charge in [0.2, 0.25) is 27.7 Å². The standard InChI is InChI=1S/C28H25F5N6O3S/c1-15-10-23(39-43(40,41)14-19-20(30)5-2-6-21(19)31)24(32)25(33)26(15)42-27-18(4-3-8-35-27)22-7-9-36-28(38-22)37-17-11-16(29)12-34-13-17/h2-10,16-17,34,39H,11-14H2,1H3,(H,36,37,38)/t16-,17-/m0/s1. The fraction of sp³-hybridized carbons (Fsp3) is 0.250. The van der Waals surface area contributed by atoms with Crippen LogP contribution in [0.5, 0.6) is 11.6 Å². The highest BCUT2D eigenvalue weighted by molar-refractivity contribution is 7.91. The maximum absolute atomic E-state index is 15.3. The van der Waals surface area contributed by atoms with Crippen LogP contribution in [0.2, 0.25) is 0 Å². The molecule has 1 saturated heterocycles. The van der Waals surface area contributed by atoms with E-state index in [1.165, 1.54) is 19.3 Å². The number of pyridine rings is 1. The Morgan fingerprint density at radius 1 is 1.00 bits per heavy atom. The second-order valence-corrected chi connectivity index (χ2v) is 11.5. The lowest BCUT2D eigenvalue weighted by Crippen LogP contribution is -2.44. The van der Waals surface area contributed by atoms with Crippen LogP contribution in [0.15, 0.2) is 54.9 Å². The van der Waals surface area contributed by atoms with Crippen molar-refractivity contribution in [3.05, 3.63) is 89.3 Å². The zero-order valence-electron chi connectivity index (χ0n) is 22.5. The van der Waals surface area contributed by atoms with E-state index in [2.05, 4.69) is 25.6 Å². The number of aromatic nitrogens is 3. The summed E-state index contributed by atoms with van der Waals surface area (Å²) >= 11 is 0. The van der Waals surface area contributed by atoms with Gasteiger partial charge in [-0.3, -0.25) is 4.72 Å². The van der Waals surface area contributed by atoms with Crippen molar-refractivity contribution < 1.29 is 35.1 Å². The molecule has 0 aliphatic carbocycles. The normalized spacial score (nSPS) is 17.0. The lowest BCUT2D eigenvalue weighted by Gasteiger charge is -2.26. The van der Waals surface area contributed by atoms with Crippen molar-refractivity contribution in [3.63, 3.8) is 0 Å². The van der Waals surface area contributed by atoms with Crippen molar-refractivity contribution in [2.75, 3.05) is 23.1 Å². The minimum Gasteiger partial charge on any atom is -0.435 e. The third kappa shape index (κ3) is 7.00. The fourth-order valence-electron chi connectivity index (χ4n) is 4.52. The van der Waals surface area contributed by atoms with E-state index < -0.39 is 62.2 Å². The van der Waals surface area contributed by atoms with Gasteiger partial charge in [0.25, 0.3) is 0 Å². The summed E-state index contributed by atoms with van der Waals surface area (Å²) in [5.74, 6) is -6.98. The van der Waals surface area contributed by atoms with Crippen LogP contribution < -0.4 is 20.1 Å². The molecular formula is C28H25F5N6O3S. The van der Waals surface area contributed by atoms with E-state index in [-0.39, 0.29) is 36.4 Å². The number of aryl methyl sites for hydroxylation is 1. The summed E-state index contributed by atoms with van der Waals surface area (Å²) in [6, 6.07) is 8.27. The van der Waals surface area contributed by atoms with Crippen LogP contribution in [0.25, 0.3) is 11.3 Å². The molecule has 43 heavy (non-hydrogen) atoms. The van der Waals surface area contributed by atoms with Crippen molar-refractivity contribution in [2.45, 2.75) is 31.3 Å². The minimum atomic E-state index is -4.56. The average molecular weight is 621 g/mol.